The van der Waals surface area contributed by atoms with Crippen molar-refractivity contribution < 1.29 is 44.2 Å². The quantitative estimate of drug-likeness (QED) is 0.259. The highest BCUT2D eigenvalue weighted by atomic mass is 16.7. The van der Waals surface area contributed by atoms with Crippen molar-refractivity contribution in [3.63, 3.8) is 0 Å². The van der Waals surface area contributed by atoms with Crippen LogP contribution in [0.1, 0.15) is 106 Å². The van der Waals surface area contributed by atoms with E-state index in [2.05, 4.69) is 41.5 Å². The standard InChI is InChI=1S/C37H58O9/c1-32(2)24-9-12-37(7)29(35(24,5)11-10-25(32)46-30-28(42)27(41)26(40)23(19-38)45-30)22(39)17-20-21-18-34(4,31(43)44-8)14-13-33(21,3)15-16-36(20,37)6/h17,21,23-30,38,40-42H,9-16,18-19H2,1-8H3/t21-,23+,24?,25-,26+,27-,28-,29?,30+,33+,34-,35-,36+,37+/m0/s1. The fraction of sp³-hybridized carbons (Fsp3) is 0.892. The van der Waals surface area contributed by atoms with Crippen molar-refractivity contribution >= 4 is 11.8 Å². The second kappa shape index (κ2) is 11.1. The first-order valence-corrected chi connectivity index (χ1v) is 17.6. The number of hydrogen-bond acceptors (Lipinski definition) is 9. The molecule has 9 heteroatoms. The van der Waals surface area contributed by atoms with Crippen molar-refractivity contribution in [3.05, 3.63) is 11.6 Å². The van der Waals surface area contributed by atoms with Crippen LogP contribution >= 0.6 is 0 Å². The Morgan fingerprint density at radius 2 is 1.59 bits per heavy atom. The van der Waals surface area contributed by atoms with E-state index < -0.39 is 42.7 Å². The summed E-state index contributed by atoms with van der Waals surface area (Å²) < 4.78 is 17.4. The number of carbonyl (C=O) groups is 2. The molecular weight excluding hydrogens is 588 g/mol. The van der Waals surface area contributed by atoms with Gasteiger partial charge in [-0.1, -0.05) is 47.1 Å². The largest absolute Gasteiger partial charge is 0.469 e. The predicted octanol–water partition coefficient (Wildman–Crippen LogP) is 4.33. The van der Waals surface area contributed by atoms with Gasteiger partial charge in [-0.2, -0.15) is 0 Å². The van der Waals surface area contributed by atoms with Crippen LogP contribution in [-0.4, -0.2) is 82.7 Å². The van der Waals surface area contributed by atoms with Gasteiger partial charge in [0.15, 0.2) is 12.1 Å². The molecule has 4 N–H and O–H groups in total. The summed E-state index contributed by atoms with van der Waals surface area (Å²) in [4.78, 5) is 27.7. The van der Waals surface area contributed by atoms with E-state index in [9.17, 15) is 30.0 Å². The number of allylic oxidation sites excluding steroid dienone is 2. The number of hydrogen-bond donors (Lipinski definition) is 4. The lowest BCUT2D eigenvalue weighted by atomic mass is 9.33. The number of fused-ring (bicyclic) bond motifs is 7. The van der Waals surface area contributed by atoms with Gasteiger partial charge < -0.3 is 34.6 Å². The molecule has 0 aromatic heterocycles. The Kier molecular flexibility index (Phi) is 8.31. The molecule has 1 heterocycles. The first-order valence-electron chi connectivity index (χ1n) is 17.6. The maximum atomic E-state index is 14.7. The third-order valence-electron chi connectivity index (χ3n) is 15.3. The van der Waals surface area contributed by atoms with Gasteiger partial charge in [-0.15, -0.1) is 0 Å². The van der Waals surface area contributed by atoms with Crippen molar-refractivity contribution in [2.75, 3.05) is 13.7 Å². The van der Waals surface area contributed by atoms with E-state index in [0.717, 1.165) is 51.4 Å². The van der Waals surface area contributed by atoms with Crippen LogP contribution in [-0.2, 0) is 23.8 Å². The van der Waals surface area contributed by atoms with E-state index in [4.69, 9.17) is 14.2 Å². The van der Waals surface area contributed by atoms with E-state index in [-0.39, 0.29) is 62.7 Å². The zero-order chi connectivity index (χ0) is 33.8. The molecular formula is C37H58O9. The molecule has 1 aliphatic heterocycles. The fourth-order valence-corrected chi connectivity index (χ4v) is 12.2. The zero-order valence-corrected chi connectivity index (χ0v) is 29.2. The van der Waals surface area contributed by atoms with Crippen LogP contribution in [0.2, 0.25) is 0 Å². The van der Waals surface area contributed by atoms with E-state index >= 15 is 0 Å². The topological polar surface area (TPSA) is 143 Å². The molecule has 0 radical (unpaired) electrons. The number of carbonyl (C=O) groups excluding carboxylic acids is 2. The van der Waals surface area contributed by atoms with Gasteiger partial charge in [-0.05, 0) is 110 Å². The minimum absolute atomic E-state index is 0.0608. The summed E-state index contributed by atoms with van der Waals surface area (Å²) in [5.41, 5.74) is -0.276. The number of rotatable bonds is 4. The summed E-state index contributed by atoms with van der Waals surface area (Å²) >= 11 is 0. The maximum absolute atomic E-state index is 14.7. The van der Waals surface area contributed by atoms with Gasteiger partial charge in [0.05, 0.1) is 25.2 Å². The molecule has 6 aliphatic rings. The lowest BCUT2D eigenvalue weighted by Gasteiger charge is -2.70. The van der Waals surface area contributed by atoms with Gasteiger partial charge in [0.1, 0.15) is 24.4 Å². The van der Waals surface area contributed by atoms with Crippen LogP contribution in [0.4, 0.5) is 0 Å². The van der Waals surface area contributed by atoms with E-state index in [1.165, 1.54) is 12.7 Å². The minimum Gasteiger partial charge on any atom is -0.469 e. The second-order valence-electron chi connectivity index (χ2n) is 17.9. The molecule has 5 aliphatic carbocycles. The predicted molar refractivity (Wildman–Crippen MR) is 170 cm³/mol. The number of esters is 1. The molecule has 46 heavy (non-hydrogen) atoms. The average Bonchev–Trinajstić information content (AvgIpc) is 3.00. The highest BCUT2D eigenvalue weighted by Crippen LogP contribution is 2.75. The lowest BCUT2D eigenvalue weighted by molar-refractivity contribution is -0.329. The number of aliphatic hydroxyl groups excluding tert-OH is 4. The van der Waals surface area contributed by atoms with Gasteiger partial charge in [0.2, 0.25) is 0 Å². The summed E-state index contributed by atoms with van der Waals surface area (Å²) in [5.74, 6) is 0.248. The van der Waals surface area contributed by atoms with Crippen LogP contribution in [0.25, 0.3) is 0 Å². The molecule has 0 bridgehead atoms. The summed E-state index contributed by atoms with van der Waals surface area (Å²) in [6, 6.07) is 0. The Morgan fingerprint density at radius 3 is 2.24 bits per heavy atom. The maximum Gasteiger partial charge on any atom is 0.311 e. The Hall–Kier alpha value is -1.36. The van der Waals surface area contributed by atoms with Gasteiger partial charge >= 0.3 is 5.97 Å². The smallest absolute Gasteiger partial charge is 0.311 e. The van der Waals surface area contributed by atoms with Gasteiger partial charge in [0.25, 0.3) is 0 Å². The Morgan fingerprint density at radius 1 is 0.913 bits per heavy atom. The first kappa shape index (κ1) is 34.5. The third kappa shape index (κ3) is 4.61. The van der Waals surface area contributed by atoms with Crippen molar-refractivity contribution in [2.45, 2.75) is 143 Å². The van der Waals surface area contributed by atoms with Crippen molar-refractivity contribution in [3.8, 4) is 0 Å². The molecule has 0 spiro atoms. The van der Waals surface area contributed by atoms with E-state index in [0.29, 0.717) is 6.42 Å². The number of ether oxygens (including phenoxy) is 3. The third-order valence-corrected chi connectivity index (χ3v) is 15.3. The van der Waals surface area contributed by atoms with E-state index in [1.807, 2.05) is 13.0 Å². The van der Waals surface area contributed by atoms with Crippen LogP contribution < -0.4 is 0 Å². The molecule has 2 unspecified atom stereocenters. The number of methoxy groups -OCH3 is 1. The molecule has 0 aromatic rings. The lowest BCUT2D eigenvalue weighted by Crippen LogP contribution is -2.67. The monoisotopic (exact) mass is 646 g/mol. The molecule has 1 saturated heterocycles. The van der Waals surface area contributed by atoms with E-state index in [1.54, 1.807) is 0 Å². The SMILES string of the molecule is COC(=O)[C@@]1(C)CC[C@]2(C)CC[C@]3(C)C(=CC(=O)C4[C@@]5(C)CC[C@H](O[C@H]6O[C@H](CO)[C@@H](O)[C@H](O)[C@@H]6O)C(C)(C)C5CC[C@]43C)[C@@H]2C1. The normalized spacial score (nSPS) is 53.2. The van der Waals surface area contributed by atoms with Crippen LogP contribution in [0.5, 0.6) is 0 Å². The second-order valence-corrected chi connectivity index (χ2v) is 17.9. The minimum atomic E-state index is -1.49. The molecule has 5 fully saturated rings. The summed E-state index contributed by atoms with van der Waals surface area (Å²) in [7, 11) is 1.48. The zero-order valence-electron chi connectivity index (χ0n) is 29.2. The summed E-state index contributed by atoms with van der Waals surface area (Å²) in [5, 5.41) is 41.1. The summed E-state index contributed by atoms with van der Waals surface area (Å²) in [6.45, 7) is 15.4. The highest BCUT2D eigenvalue weighted by Gasteiger charge is 2.70. The van der Waals surface area contributed by atoms with Crippen LogP contribution in [0, 0.1) is 50.2 Å². The molecule has 14 atom stereocenters. The van der Waals surface area contributed by atoms with Crippen LogP contribution in [0.3, 0.4) is 0 Å². The molecule has 0 amide bonds. The summed E-state index contributed by atoms with van der Waals surface area (Å²) in [6.07, 6.45) is 3.00. The average molecular weight is 647 g/mol. The molecule has 6 rings (SSSR count). The van der Waals surface area contributed by atoms with Gasteiger partial charge in [-0.25, -0.2) is 0 Å². The van der Waals surface area contributed by atoms with Gasteiger partial charge in [0, 0.05) is 5.92 Å². The number of aliphatic hydroxyl groups is 4. The van der Waals surface area contributed by atoms with Crippen LogP contribution in [0.15, 0.2) is 11.6 Å². The Bertz CT molecular complexity index is 1280. The fourth-order valence-electron chi connectivity index (χ4n) is 12.2. The first-order chi connectivity index (χ1) is 21.3. The molecule has 9 nitrogen and oxygen atoms in total. The Balaban J connectivity index is 1.31. The molecule has 0 aromatic carbocycles. The van der Waals surface area contributed by atoms with Crippen molar-refractivity contribution in [1.29, 1.82) is 0 Å². The van der Waals surface area contributed by atoms with Gasteiger partial charge in [-0.3, -0.25) is 9.59 Å². The highest BCUT2D eigenvalue weighted by molar-refractivity contribution is 5.95. The number of ketones is 1. The molecule has 260 valence electrons. The van der Waals surface area contributed by atoms with Crippen molar-refractivity contribution in [1.82, 2.24) is 0 Å². The molecule has 4 saturated carbocycles. The Labute approximate surface area is 274 Å². The van der Waals surface area contributed by atoms with Crippen molar-refractivity contribution in [2.24, 2.45) is 50.2 Å².